The Balaban J connectivity index is 1.64. The maximum absolute atomic E-state index is 12.0. The molecule has 2 heterocycles. The number of aliphatic hydroxyl groups is 1. The highest BCUT2D eigenvalue weighted by Gasteiger charge is 2.38. The summed E-state index contributed by atoms with van der Waals surface area (Å²) in [5, 5.41) is 18.3. The predicted molar refractivity (Wildman–Crippen MR) is 109 cm³/mol. The molecule has 4 rings (SSSR count). The number of anilines is 1. The first kappa shape index (κ1) is 19.1. The first-order valence-corrected chi connectivity index (χ1v) is 10.1. The highest BCUT2D eigenvalue weighted by molar-refractivity contribution is 5.89. The number of nitrogens with one attached hydrogen (secondary N) is 2. The smallest absolute Gasteiger partial charge is 0.407 e. The fourth-order valence-electron chi connectivity index (χ4n) is 4.57. The van der Waals surface area contributed by atoms with Gasteiger partial charge >= 0.3 is 6.09 Å². The van der Waals surface area contributed by atoms with E-state index in [0.717, 1.165) is 42.4 Å². The van der Waals surface area contributed by atoms with E-state index in [0.29, 0.717) is 6.54 Å². The molecule has 1 fully saturated rings. The van der Waals surface area contributed by atoms with Crippen LogP contribution in [0.15, 0.2) is 18.2 Å². The largest absolute Gasteiger partial charge is 0.447 e. The standard InChI is InChI=1S/C21H30N4O3/c1-12(2)28-20(26)24-14-9-16-15-8-13(22)4-5-17(15)25(18(16)10-14)11-19-21(3,27)6-7-23-19/h4-5,8,12,14,19,23,27H,6-7,9-11,22H2,1-3H3,(H,24,26)/t14-,19?,21?/m0/s1. The van der Waals surface area contributed by atoms with E-state index in [-0.39, 0.29) is 24.3 Å². The number of hydrogen-bond donors (Lipinski definition) is 4. The minimum Gasteiger partial charge on any atom is -0.447 e. The predicted octanol–water partition coefficient (Wildman–Crippen LogP) is 1.94. The summed E-state index contributed by atoms with van der Waals surface area (Å²) in [6.07, 6.45) is 1.72. The molecule has 152 valence electrons. The molecule has 2 aromatic rings. The Hall–Kier alpha value is -2.25. The summed E-state index contributed by atoms with van der Waals surface area (Å²) < 4.78 is 7.53. The van der Waals surface area contributed by atoms with E-state index in [2.05, 4.69) is 21.3 Å². The highest BCUT2D eigenvalue weighted by atomic mass is 16.6. The van der Waals surface area contributed by atoms with Crippen LogP contribution in [0.2, 0.25) is 0 Å². The number of nitrogens with zero attached hydrogens (tertiary/aromatic N) is 1. The first-order valence-electron chi connectivity index (χ1n) is 10.1. The van der Waals surface area contributed by atoms with E-state index >= 15 is 0 Å². The van der Waals surface area contributed by atoms with Crippen molar-refractivity contribution in [2.45, 2.75) is 70.4 Å². The molecule has 5 N–H and O–H groups in total. The summed E-state index contributed by atoms with van der Waals surface area (Å²) in [6, 6.07) is 5.99. The molecule has 0 spiro atoms. The van der Waals surface area contributed by atoms with Crippen molar-refractivity contribution in [3.63, 3.8) is 0 Å². The van der Waals surface area contributed by atoms with Crippen molar-refractivity contribution in [2.24, 2.45) is 0 Å². The quantitative estimate of drug-likeness (QED) is 0.602. The lowest BCUT2D eigenvalue weighted by molar-refractivity contribution is 0.0417. The van der Waals surface area contributed by atoms with Crippen LogP contribution in [-0.4, -0.2) is 46.1 Å². The summed E-state index contributed by atoms with van der Waals surface area (Å²) in [4.78, 5) is 12.0. The summed E-state index contributed by atoms with van der Waals surface area (Å²) in [5.74, 6) is 0. The fraction of sp³-hybridized carbons (Fsp3) is 0.571. The van der Waals surface area contributed by atoms with Crippen molar-refractivity contribution >= 4 is 22.7 Å². The van der Waals surface area contributed by atoms with Crippen molar-refractivity contribution in [3.8, 4) is 0 Å². The van der Waals surface area contributed by atoms with Gasteiger partial charge in [0.25, 0.3) is 0 Å². The van der Waals surface area contributed by atoms with Gasteiger partial charge in [0.05, 0.1) is 17.7 Å². The van der Waals surface area contributed by atoms with Gasteiger partial charge in [-0.15, -0.1) is 0 Å². The molecule has 7 heteroatoms. The lowest BCUT2D eigenvalue weighted by Gasteiger charge is -2.27. The second-order valence-electron chi connectivity index (χ2n) is 8.63. The molecule has 0 radical (unpaired) electrons. The lowest BCUT2D eigenvalue weighted by Crippen LogP contribution is -2.43. The van der Waals surface area contributed by atoms with Gasteiger partial charge < -0.3 is 30.8 Å². The Morgan fingerprint density at radius 1 is 1.46 bits per heavy atom. The molecule has 0 bridgehead atoms. The number of benzene rings is 1. The second kappa shape index (κ2) is 6.97. The molecule has 28 heavy (non-hydrogen) atoms. The molecule has 1 aliphatic heterocycles. The van der Waals surface area contributed by atoms with Crippen LogP contribution in [0, 0.1) is 0 Å². The van der Waals surface area contributed by atoms with Gasteiger partial charge in [0, 0.05) is 41.3 Å². The maximum atomic E-state index is 12.0. The Morgan fingerprint density at radius 2 is 2.25 bits per heavy atom. The molecular formula is C21H30N4O3. The number of hydrogen-bond acceptors (Lipinski definition) is 5. The molecule has 2 unspecified atom stereocenters. The van der Waals surface area contributed by atoms with Gasteiger partial charge in [-0.25, -0.2) is 4.79 Å². The molecule has 2 aliphatic rings. The Bertz CT molecular complexity index is 903. The topological polar surface area (TPSA) is 102 Å². The van der Waals surface area contributed by atoms with Crippen LogP contribution in [0.3, 0.4) is 0 Å². The number of fused-ring (bicyclic) bond motifs is 3. The average Bonchev–Trinajstić information content (AvgIpc) is 3.21. The molecule has 1 aromatic heterocycles. The lowest BCUT2D eigenvalue weighted by atomic mass is 9.97. The SMILES string of the molecule is CC(C)OC(=O)N[C@H]1Cc2c(n(CC3NCCC3(C)O)c3ccc(N)cc23)C1. The maximum Gasteiger partial charge on any atom is 0.407 e. The van der Waals surface area contributed by atoms with Crippen LogP contribution in [0.25, 0.3) is 10.9 Å². The molecule has 0 saturated carbocycles. The van der Waals surface area contributed by atoms with Gasteiger partial charge in [-0.05, 0) is 63.9 Å². The molecule has 1 aromatic carbocycles. The van der Waals surface area contributed by atoms with Crippen molar-refractivity contribution in [2.75, 3.05) is 12.3 Å². The average molecular weight is 386 g/mol. The van der Waals surface area contributed by atoms with Crippen molar-refractivity contribution in [3.05, 3.63) is 29.5 Å². The van der Waals surface area contributed by atoms with Crippen molar-refractivity contribution in [1.82, 2.24) is 15.2 Å². The van der Waals surface area contributed by atoms with Crippen LogP contribution >= 0.6 is 0 Å². The number of nitrogens with two attached hydrogens (primary N) is 1. The zero-order valence-electron chi connectivity index (χ0n) is 16.8. The van der Waals surface area contributed by atoms with E-state index in [1.54, 1.807) is 0 Å². The minimum absolute atomic E-state index is 0.00498. The number of aromatic nitrogens is 1. The zero-order valence-corrected chi connectivity index (χ0v) is 16.8. The van der Waals surface area contributed by atoms with E-state index in [9.17, 15) is 9.90 Å². The van der Waals surface area contributed by atoms with Crippen LogP contribution in [0.5, 0.6) is 0 Å². The molecule has 1 aliphatic carbocycles. The zero-order chi connectivity index (χ0) is 20.1. The normalized spacial score (nSPS) is 26.8. The number of ether oxygens (including phenoxy) is 1. The Morgan fingerprint density at radius 3 is 2.93 bits per heavy atom. The van der Waals surface area contributed by atoms with Gasteiger partial charge in [0.1, 0.15) is 0 Å². The minimum atomic E-state index is -0.728. The third-order valence-electron chi connectivity index (χ3n) is 6.00. The Kier molecular flexibility index (Phi) is 4.75. The number of carbonyl (C=O) groups is 1. The second-order valence-corrected chi connectivity index (χ2v) is 8.63. The van der Waals surface area contributed by atoms with Gasteiger partial charge in [-0.1, -0.05) is 0 Å². The fourth-order valence-corrected chi connectivity index (χ4v) is 4.57. The number of carbonyl (C=O) groups excluding carboxylic acids is 1. The summed E-state index contributed by atoms with van der Waals surface area (Å²) >= 11 is 0. The highest BCUT2D eigenvalue weighted by Crippen LogP contribution is 2.36. The van der Waals surface area contributed by atoms with E-state index in [1.165, 1.54) is 11.3 Å². The number of alkyl carbamates (subject to hydrolysis) is 1. The molecule has 3 atom stereocenters. The third kappa shape index (κ3) is 3.44. The molecular weight excluding hydrogens is 356 g/mol. The summed E-state index contributed by atoms with van der Waals surface area (Å²) in [6.45, 7) is 7.08. The third-order valence-corrected chi connectivity index (χ3v) is 6.00. The molecule has 1 amide bonds. The number of amides is 1. The van der Waals surface area contributed by atoms with Gasteiger partial charge in [-0.2, -0.15) is 0 Å². The van der Waals surface area contributed by atoms with Crippen LogP contribution < -0.4 is 16.4 Å². The monoisotopic (exact) mass is 386 g/mol. The molecule has 1 saturated heterocycles. The van der Waals surface area contributed by atoms with Gasteiger partial charge in [-0.3, -0.25) is 0 Å². The van der Waals surface area contributed by atoms with Gasteiger partial charge in [0.15, 0.2) is 0 Å². The first-order chi connectivity index (χ1) is 13.2. The van der Waals surface area contributed by atoms with E-state index < -0.39 is 5.60 Å². The number of rotatable bonds is 4. The van der Waals surface area contributed by atoms with E-state index in [1.807, 2.05) is 32.9 Å². The number of nitrogen functional groups attached to an aromatic ring is 1. The van der Waals surface area contributed by atoms with Crippen LogP contribution in [0.4, 0.5) is 10.5 Å². The van der Waals surface area contributed by atoms with E-state index in [4.69, 9.17) is 10.5 Å². The summed E-state index contributed by atoms with van der Waals surface area (Å²) in [5.41, 5.74) is 9.63. The Labute approximate surface area is 165 Å². The van der Waals surface area contributed by atoms with Crippen molar-refractivity contribution in [1.29, 1.82) is 0 Å². The van der Waals surface area contributed by atoms with Crippen molar-refractivity contribution < 1.29 is 14.6 Å². The van der Waals surface area contributed by atoms with Crippen LogP contribution in [0.1, 0.15) is 38.4 Å². The van der Waals surface area contributed by atoms with Gasteiger partial charge in [0.2, 0.25) is 0 Å². The van der Waals surface area contributed by atoms with Crippen LogP contribution in [-0.2, 0) is 24.1 Å². The summed E-state index contributed by atoms with van der Waals surface area (Å²) in [7, 11) is 0. The molecule has 7 nitrogen and oxygen atoms in total.